The zero-order valence-electron chi connectivity index (χ0n) is 27.5. The molecule has 0 aliphatic rings. The van der Waals surface area contributed by atoms with Crippen molar-refractivity contribution in [3.63, 3.8) is 0 Å². The van der Waals surface area contributed by atoms with Crippen LogP contribution in [0.3, 0.4) is 0 Å². The molecule has 41 heavy (non-hydrogen) atoms. The molecule has 0 unspecified atom stereocenters. The van der Waals surface area contributed by atoms with Crippen LogP contribution in [0.5, 0.6) is 0 Å². The van der Waals surface area contributed by atoms with E-state index in [4.69, 9.17) is 4.42 Å². The number of nitrogens with zero attached hydrogens (tertiary/aromatic N) is 1. The second-order valence-corrected chi connectivity index (χ2v) is 12.7. The summed E-state index contributed by atoms with van der Waals surface area (Å²) in [5, 5.41) is 1.05. The van der Waals surface area contributed by atoms with Gasteiger partial charge in [-0.1, -0.05) is 155 Å². The minimum absolute atomic E-state index is 0.249. The highest BCUT2D eigenvalue weighted by molar-refractivity contribution is 5.83. The topological polar surface area (TPSA) is 33.5 Å². The number of benzene rings is 1. The third-order valence-electron chi connectivity index (χ3n) is 8.86. The first kappa shape index (κ1) is 35.4. The first-order valence-corrected chi connectivity index (χ1v) is 17.9. The Kier molecular flexibility index (Phi) is 20.5. The van der Waals surface area contributed by atoms with E-state index in [1.807, 2.05) is 6.92 Å². The van der Waals surface area contributed by atoms with Crippen LogP contribution >= 0.6 is 0 Å². The predicted octanol–water partition coefficient (Wildman–Crippen LogP) is 12.3. The molecule has 0 saturated carbocycles. The fourth-order valence-corrected chi connectivity index (χ4v) is 6.17. The summed E-state index contributed by atoms with van der Waals surface area (Å²) in [4.78, 5) is 14.5. The predicted molar refractivity (Wildman–Crippen MR) is 182 cm³/mol. The van der Waals surface area contributed by atoms with Gasteiger partial charge in [-0.25, -0.2) is 4.79 Å². The largest absolute Gasteiger partial charge is 0.423 e. The van der Waals surface area contributed by atoms with Gasteiger partial charge < -0.3 is 9.32 Å². The molecule has 0 aliphatic heterocycles. The molecule has 1 aromatic carbocycles. The van der Waals surface area contributed by atoms with Crippen LogP contribution in [0.4, 0.5) is 5.69 Å². The van der Waals surface area contributed by atoms with Crippen LogP contribution in [-0.2, 0) is 0 Å². The van der Waals surface area contributed by atoms with Crippen molar-refractivity contribution in [3.05, 3.63) is 40.2 Å². The van der Waals surface area contributed by atoms with Gasteiger partial charge in [-0.05, 0) is 37.5 Å². The summed E-state index contributed by atoms with van der Waals surface area (Å²) in [5.74, 6) is 0. The quantitative estimate of drug-likeness (QED) is 0.0795. The second kappa shape index (κ2) is 23.8. The number of fused-ring (bicyclic) bond motifs is 1. The summed E-state index contributed by atoms with van der Waals surface area (Å²) >= 11 is 0. The van der Waals surface area contributed by atoms with Gasteiger partial charge in [-0.3, -0.25) is 0 Å². The Hall–Kier alpha value is -1.77. The second-order valence-electron chi connectivity index (χ2n) is 12.7. The number of hydrogen-bond donors (Lipinski definition) is 0. The average molecular weight is 568 g/mol. The number of hydrogen-bond acceptors (Lipinski definition) is 3. The number of unbranched alkanes of at least 4 members (excludes halogenated alkanes) is 22. The maximum atomic E-state index is 12.0. The summed E-state index contributed by atoms with van der Waals surface area (Å²) in [7, 11) is 0. The number of rotatable bonds is 27. The zero-order valence-corrected chi connectivity index (χ0v) is 27.5. The lowest BCUT2D eigenvalue weighted by Crippen LogP contribution is -2.25. The summed E-state index contributed by atoms with van der Waals surface area (Å²) in [5.41, 5.74) is 2.68. The SMILES string of the molecule is CCCCCCCCCCCCCCN(CCCCCCCCCCCCCC)c1ccc2c(C)cc(=O)oc2c1. The highest BCUT2D eigenvalue weighted by Crippen LogP contribution is 2.25. The summed E-state index contributed by atoms with van der Waals surface area (Å²) in [6.07, 6.45) is 33.1. The fourth-order valence-electron chi connectivity index (χ4n) is 6.17. The van der Waals surface area contributed by atoms with Crippen LogP contribution < -0.4 is 10.5 Å². The summed E-state index contributed by atoms with van der Waals surface area (Å²) in [6.45, 7) is 8.77. The van der Waals surface area contributed by atoms with Gasteiger partial charge >= 0.3 is 5.63 Å². The molecule has 0 saturated heterocycles. The van der Waals surface area contributed by atoms with Crippen molar-refractivity contribution < 1.29 is 4.42 Å². The van der Waals surface area contributed by atoms with E-state index < -0.39 is 0 Å². The van der Waals surface area contributed by atoms with E-state index in [-0.39, 0.29) is 5.63 Å². The molecule has 2 rings (SSSR count). The molecule has 234 valence electrons. The van der Waals surface area contributed by atoms with Gasteiger partial charge in [0.05, 0.1) is 0 Å². The standard InChI is InChI=1S/C38H65NO2/c1-4-6-8-10-12-14-16-18-20-22-24-26-30-39(31-27-25-23-21-19-17-15-13-11-9-7-5-2)35-28-29-36-34(3)32-38(40)41-37(36)33-35/h28-29,32-33H,4-27,30-31H2,1-3H3. The van der Waals surface area contributed by atoms with Gasteiger partial charge in [0.25, 0.3) is 0 Å². The molecule has 3 nitrogen and oxygen atoms in total. The molecular weight excluding hydrogens is 502 g/mol. The van der Waals surface area contributed by atoms with E-state index in [1.54, 1.807) is 6.07 Å². The van der Waals surface area contributed by atoms with Crippen LogP contribution in [0.15, 0.2) is 33.5 Å². The van der Waals surface area contributed by atoms with Crippen molar-refractivity contribution in [2.24, 2.45) is 0 Å². The van der Waals surface area contributed by atoms with Gasteiger partial charge in [-0.15, -0.1) is 0 Å². The minimum Gasteiger partial charge on any atom is -0.423 e. The molecule has 1 aromatic heterocycles. The molecule has 0 N–H and O–H groups in total. The van der Waals surface area contributed by atoms with Gasteiger partial charge in [0, 0.05) is 36.3 Å². The maximum Gasteiger partial charge on any atom is 0.336 e. The van der Waals surface area contributed by atoms with Crippen molar-refractivity contribution >= 4 is 16.7 Å². The van der Waals surface area contributed by atoms with Gasteiger partial charge in [0.15, 0.2) is 0 Å². The monoisotopic (exact) mass is 568 g/mol. The van der Waals surface area contributed by atoms with Crippen LogP contribution in [0.2, 0.25) is 0 Å². The smallest absolute Gasteiger partial charge is 0.336 e. The molecule has 0 spiro atoms. The van der Waals surface area contributed by atoms with Crippen molar-refractivity contribution in [2.75, 3.05) is 18.0 Å². The van der Waals surface area contributed by atoms with E-state index in [0.717, 1.165) is 29.6 Å². The van der Waals surface area contributed by atoms with Gasteiger partial charge in [0.1, 0.15) is 5.58 Å². The Balaban J connectivity index is 1.71. The van der Waals surface area contributed by atoms with Crippen molar-refractivity contribution in [2.45, 2.75) is 175 Å². The normalized spacial score (nSPS) is 11.5. The van der Waals surface area contributed by atoms with Gasteiger partial charge in [-0.2, -0.15) is 0 Å². The van der Waals surface area contributed by atoms with E-state index in [9.17, 15) is 4.79 Å². The number of aryl methyl sites for hydroxylation is 1. The molecule has 3 heteroatoms. The minimum atomic E-state index is -0.249. The van der Waals surface area contributed by atoms with Crippen molar-refractivity contribution in [1.29, 1.82) is 0 Å². The Morgan fingerprint density at radius 2 is 0.927 bits per heavy atom. The Morgan fingerprint density at radius 3 is 1.34 bits per heavy atom. The summed E-state index contributed by atoms with van der Waals surface area (Å²) in [6, 6.07) is 8.07. The highest BCUT2D eigenvalue weighted by atomic mass is 16.4. The fraction of sp³-hybridized carbons (Fsp3) is 0.763. The van der Waals surface area contributed by atoms with E-state index in [1.165, 1.54) is 160 Å². The van der Waals surface area contributed by atoms with Crippen LogP contribution in [0.25, 0.3) is 11.0 Å². The lowest BCUT2D eigenvalue weighted by atomic mass is 10.0. The highest BCUT2D eigenvalue weighted by Gasteiger charge is 2.10. The molecular formula is C38H65NO2. The first-order valence-electron chi connectivity index (χ1n) is 17.9. The van der Waals surface area contributed by atoms with E-state index in [0.29, 0.717) is 0 Å². The Morgan fingerprint density at radius 1 is 0.537 bits per heavy atom. The van der Waals surface area contributed by atoms with Gasteiger partial charge in [0.2, 0.25) is 0 Å². The maximum absolute atomic E-state index is 12.0. The molecule has 0 bridgehead atoms. The molecule has 2 aromatic rings. The molecule has 0 radical (unpaired) electrons. The molecule has 0 fully saturated rings. The Labute approximate surface area is 253 Å². The molecule has 0 aliphatic carbocycles. The van der Waals surface area contributed by atoms with Crippen LogP contribution in [0.1, 0.15) is 174 Å². The first-order chi connectivity index (χ1) is 20.2. The van der Waals surface area contributed by atoms with Crippen LogP contribution in [-0.4, -0.2) is 13.1 Å². The molecule has 0 atom stereocenters. The summed E-state index contributed by atoms with van der Waals surface area (Å²) < 4.78 is 5.59. The Bertz CT molecular complexity index is 921. The number of anilines is 1. The lowest BCUT2D eigenvalue weighted by Gasteiger charge is -2.25. The lowest BCUT2D eigenvalue weighted by molar-refractivity contribution is 0.534. The van der Waals surface area contributed by atoms with E-state index in [2.05, 4.69) is 36.9 Å². The molecule has 0 amide bonds. The third kappa shape index (κ3) is 16.5. The molecule has 1 heterocycles. The third-order valence-corrected chi connectivity index (χ3v) is 8.86. The van der Waals surface area contributed by atoms with Crippen molar-refractivity contribution in [1.82, 2.24) is 0 Å². The van der Waals surface area contributed by atoms with E-state index >= 15 is 0 Å². The zero-order chi connectivity index (χ0) is 29.4. The average Bonchev–Trinajstić information content (AvgIpc) is 2.96. The van der Waals surface area contributed by atoms with Crippen molar-refractivity contribution in [3.8, 4) is 0 Å². The van der Waals surface area contributed by atoms with Crippen LogP contribution in [0, 0.1) is 6.92 Å².